The first-order valence-electron chi connectivity index (χ1n) is 7.41. The molecule has 0 bridgehead atoms. The molecule has 0 spiro atoms. The van der Waals surface area contributed by atoms with E-state index < -0.39 is 0 Å². The number of aromatic nitrogens is 2. The molecule has 1 fully saturated rings. The molecule has 0 saturated carbocycles. The third-order valence-corrected chi connectivity index (χ3v) is 4.65. The van der Waals surface area contributed by atoms with Crippen molar-refractivity contribution < 1.29 is 4.74 Å². The monoisotopic (exact) mass is 297 g/mol. The lowest BCUT2D eigenvalue weighted by molar-refractivity contribution is -0.0864. The van der Waals surface area contributed by atoms with Crippen LogP contribution < -0.4 is 5.32 Å². The first-order valence-corrected chi connectivity index (χ1v) is 7.78. The van der Waals surface area contributed by atoms with Gasteiger partial charge in [0, 0.05) is 12.6 Å². The topological polar surface area (TPSA) is 47.0 Å². The summed E-state index contributed by atoms with van der Waals surface area (Å²) in [6, 6.07) is 0.345. The van der Waals surface area contributed by atoms with Crippen LogP contribution in [0.2, 0.25) is 5.15 Å². The molecule has 0 aromatic carbocycles. The van der Waals surface area contributed by atoms with Gasteiger partial charge in [0.05, 0.1) is 17.0 Å². The molecule has 1 aliphatic rings. The van der Waals surface area contributed by atoms with E-state index in [0.29, 0.717) is 17.0 Å². The van der Waals surface area contributed by atoms with Crippen LogP contribution in [-0.4, -0.2) is 28.2 Å². The maximum atomic E-state index is 6.19. The molecule has 1 atom stereocenters. The Bertz CT molecular complexity index is 474. The minimum Gasteiger partial charge on any atom is -0.375 e. The molecule has 2 heterocycles. The largest absolute Gasteiger partial charge is 0.375 e. The molecule has 1 aromatic heterocycles. The van der Waals surface area contributed by atoms with Crippen LogP contribution in [-0.2, 0) is 4.74 Å². The second-order valence-corrected chi connectivity index (χ2v) is 5.96. The first kappa shape index (κ1) is 15.5. The van der Waals surface area contributed by atoms with Gasteiger partial charge in [0.2, 0.25) is 0 Å². The van der Waals surface area contributed by atoms with Gasteiger partial charge in [-0.15, -0.1) is 0 Å². The van der Waals surface area contributed by atoms with E-state index in [2.05, 4.69) is 29.1 Å². The Morgan fingerprint density at radius 2 is 1.90 bits per heavy atom. The van der Waals surface area contributed by atoms with Crippen molar-refractivity contribution in [3.8, 4) is 0 Å². The Labute approximate surface area is 126 Å². The van der Waals surface area contributed by atoms with Gasteiger partial charge in [-0.05, 0) is 39.5 Å². The quantitative estimate of drug-likeness (QED) is 0.915. The Kier molecular flexibility index (Phi) is 4.86. The van der Waals surface area contributed by atoms with Gasteiger partial charge in [0.25, 0.3) is 0 Å². The second-order valence-electron chi connectivity index (χ2n) is 5.61. The molecular weight excluding hydrogens is 274 g/mol. The van der Waals surface area contributed by atoms with E-state index in [-0.39, 0.29) is 5.60 Å². The number of halogens is 1. The van der Waals surface area contributed by atoms with Gasteiger partial charge in [-0.25, -0.2) is 9.97 Å². The third-order valence-electron chi connectivity index (χ3n) is 4.39. The average molecular weight is 298 g/mol. The van der Waals surface area contributed by atoms with E-state index in [1.807, 2.05) is 13.8 Å². The maximum Gasteiger partial charge on any atom is 0.171 e. The Morgan fingerprint density at radius 1 is 1.25 bits per heavy atom. The van der Waals surface area contributed by atoms with Crippen molar-refractivity contribution in [2.75, 3.05) is 11.9 Å². The highest BCUT2D eigenvalue weighted by Gasteiger charge is 2.34. The van der Waals surface area contributed by atoms with Crippen LogP contribution in [0.5, 0.6) is 0 Å². The van der Waals surface area contributed by atoms with Crippen LogP contribution in [0.15, 0.2) is 0 Å². The fourth-order valence-corrected chi connectivity index (χ4v) is 2.98. The first-order chi connectivity index (χ1) is 9.49. The molecule has 1 aliphatic heterocycles. The van der Waals surface area contributed by atoms with E-state index in [1.54, 1.807) is 0 Å². The predicted octanol–water partition coefficient (Wildman–Crippen LogP) is 3.90. The normalized spacial score (nSPS) is 21.8. The number of rotatable bonds is 4. The van der Waals surface area contributed by atoms with Crippen LogP contribution >= 0.6 is 11.6 Å². The number of hydrogen-bond donors (Lipinski definition) is 1. The highest BCUT2D eigenvalue weighted by Crippen LogP contribution is 2.33. The number of aryl methyl sites for hydroxylation is 2. The molecule has 5 heteroatoms. The molecule has 0 amide bonds. The molecule has 1 saturated heterocycles. The zero-order valence-electron chi connectivity index (χ0n) is 12.8. The number of hydrogen-bond acceptors (Lipinski definition) is 4. The molecule has 1 N–H and O–H groups in total. The van der Waals surface area contributed by atoms with Gasteiger partial charge in [0.15, 0.2) is 11.0 Å². The Balaban J connectivity index is 2.12. The third kappa shape index (κ3) is 3.23. The molecular formula is C15H24ClN3O. The molecule has 0 radical (unpaired) electrons. The molecule has 112 valence electrons. The van der Waals surface area contributed by atoms with E-state index >= 15 is 0 Å². The molecule has 4 nitrogen and oxygen atoms in total. The molecule has 1 aromatic rings. The SMILES string of the molecule is CCC1(CC)CC(Nc2nc(C)c(C)nc2Cl)CCO1. The zero-order chi connectivity index (χ0) is 14.8. The number of nitrogens with one attached hydrogen (secondary N) is 1. The zero-order valence-corrected chi connectivity index (χ0v) is 13.5. The number of nitrogens with zero attached hydrogens (tertiary/aromatic N) is 2. The van der Waals surface area contributed by atoms with Gasteiger partial charge < -0.3 is 10.1 Å². The summed E-state index contributed by atoms with van der Waals surface area (Å²) in [5, 5.41) is 3.91. The minimum absolute atomic E-state index is 0.00440. The van der Waals surface area contributed by atoms with Gasteiger partial charge in [-0.3, -0.25) is 0 Å². The summed E-state index contributed by atoms with van der Waals surface area (Å²) in [4.78, 5) is 8.84. The van der Waals surface area contributed by atoms with E-state index in [4.69, 9.17) is 16.3 Å². The number of ether oxygens (including phenoxy) is 1. The van der Waals surface area contributed by atoms with Crippen molar-refractivity contribution in [1.82, 2.24) is 9.97 Å². The van der Waals surface area contributed by atoms with Crippen LogP contribution in [0.25, 0.3) is 0 Å². The predicted molar refractivity (Wildman–Crippen MR) is 82.4 cm³/mol. The van der Waals surface area contributed by atoms with Gasteiger partial charge in [0.1, 0.15) is 0 Å². The highest BCUT2D eigenvalue weighted by atomic mass is 35.5. The fourth-order valence-electron chi connectivity index (χ4n) is 2.75. The Morgan fingerprint density at radius 3 is 2.55 bits per heavy atom. The summed E-state index contributed by atoms with van der Waals surface area (Å²) in [6.45, 7) is 9.04. The van der Waals surface area contributed by atoms with Crippen LogP contribution in [0.4, 0.5) is 5.82 Å². The molecule has 0 aliphatic carbocycles. The smallest absolute Gasteiger partial charge is 0.171 e. The highest BCUT2D eigenvalue weighted by molar-refractivity contribution is 6.31. The molecule has 1 unspecified atom stereocenters. The van der Waals surface area contributed by atoms with Crippen LogP contribution in [0, 0.1) is 13.8 Å². The van der Waals surface area contributed by atoms with Crippen molar-refractivity contribution >= 4 is 17.4 Å². The van der Waals surface area contributed by atoms with E-state index in [9.17, 15) is 0 Å². The Hall–Kier alpha value is -0.870. The standard InChI is InChI=1S/C15H24ClN3O/c1-5-15(6-2)9-12(7-8-20-15)19-14-13(16)17-10(3)11(4)18-14/h12H,5-9H2,1-4H3,(H,18,19). The lowest BCUT2D eigenvalue weighted by atomic mass is 9.86. The maximum absolute atomic E-state index is 6.19. The van der Waals surface area contributed by atoms with Crippen LogP contribution in [0.3, 0.4) is 0 Å². The molecule has 2 rings (SSSR count). The minimum atomic E-state index is -0.00440. The van der Waals surface area contributed by atoms with Crippen LogP contribution in [0.1, 0.15) is 50.9 Å². The van der Waals surface area contributed by atoms with Crippen molar-refractivity contribution in [1.29, 1.82) is 0 Å². The second kappa shape index (κ2) is 6.27. The van der Waals surface area contributed by atoms with Crippen molar-refractivity contribution in [3.63, 3.8) is 0 Å². The van der Waals surface area contributed by atoms with Crippen molar-refractivity contribution in [3.05, 3.63) is 16.5 Å². The average Bonchev–Trinajstić information content (AvgIpc) is 2.45. The summed E-state index contributed by atoms with van der Waals surface area (Å²) in [5.41, 5.74) is 1.79. The van der Waals surface area contributed by atoms with Crippen molar-refractivity contribution in [2.45, 2.75) is 65.0 Å². The fraction of sp³-hybridized carbons (Fsp3) is 0.733. The lowest BCUT2D eigenvalue weighted by Gasteiger charge is -2.40. The van der Waals surface area contributed by atoms with Gasteiger partial charge in [-0.2, -0.15) is 0 Å². The van der Waals surface area contributed by atoms with Gasteiger partial charge in [-0.1, -0.05) is 25.4 Å². The summed E-state index contributed by atoms with van der Waals surface area (Å²) in [7, 11) is 0. The summed E-state index contributed by atoms with van der Waals surface area (Å²) >= 11 is 6.19. The van der Waals surface area contributed by atoms with Crippen molar-refractivity contribution in [2.24, 2.45) is 0 Å². The summed E-state index contributed by atoms with van der Waals surface area (Å²) < 4.78 is 6.00. The summed E-state index contributed by atoms with van der Waals surface area (Å²) in [6.07, 6.45) is 4.04. The van der Waals surface area contributed by atoms with E-state index in [1.165, 1.54) is 0 Å². The lowest BCUT2D eigenvalue weighted by Crippen LogP contribution is -2.43. The van der Waals surface area contributed by atoms with E-state index in [0.717, 1.165) is 43.7 Å². The number of anilines is 1. The molecule has 20 heavy (non-hydrogen) atoms. The van der Waals surface area contributed by atoms with Gasteiger partial charge >= 0.3 is 0 Å². The summed E-state index contributed by atoms with van der Waals surface area (Å²) in [5.74, 6) is 0.697.